The highest BCUT2D eigenvalue weighted by molar-refractivity contribution is 5.88. The molecular weight excluding hydrogens is 682 g/mol. The van der Waals surface area contributed by atoms with Crippen LogP contribution in [0, 0.1) is 0 Å². The third-order valence-electron chi connectivity index (χ3n) is 8.22. The lowest BCUT2D eigenvalue weighted by Gasteiger charge is -2.42. The van der Waals surface area contributed by atoms with Gasteiger partial charge >= 0.3 is 12.4 Å². The van der Waals surface area contributed by atoms with Gasteiger partial charge in [0.25, 0.3) is 11.8 Å². The lowest BCUT2D eigenvalue weighted by atomic mass is 10.0. The lowest BCUT2D eigenvalue weighted by Crippen LogP contribution is -2.71. The summed E-state index contributed by atoms with van der Waals surface area (Å²) in [5.74, 6) is -3.71. The van der Waals surface area contributed by atoms with Crippen LogP contribution in [0.5, 0.6) is 0 Å². The molecule has 2 aromatic rings. The maximum Gasteiger partial charge on any atom is 0.433 e. The molecule has 6 atom stereocenters. The minimum Gasteiger partial charge on any atom is -0.373 e. The van der Waals surface area contributed by atoms with E-state index >= 15 is 0 Å². The van der Waals surface area contributed by atoms with E-state index in [1.165, 1.54) is 0 Å². The summed E-state index contributed by atoms with van der Waals surface area (Å²) < 4.78 is 104. The Morgan fingerprint density at radius 2 is 0.920 bits per heavy atom. The van der Waals surface area contributed by atoms with Crippen LogP contribution >= 0.6 is 0 Å². The minimum atomic E-state index is -4.99. The van der Waals surface area contributed by atoms with Crippen molar-refractivity contribution >= 4 is 23.6 Å². The van der Waals surface area contributed by atoms with Crippen LogP contribution in [0.3, 0.4) is 0 Å². The fraction of sp³-hybridized carbons (Fsp3) is 0.500. The first-order valence-electron chi connectivity index (χ1n) is 14.9. The fourth-order valence-corrected chi connectivity index (χ4v) is 6.22. The summed E-state index contributed by atoms with van der Waals surface area (Å²) in [4.78, 5) is 49.5. The molecule has 4 amide bonds. The van der Waals surface area contributed by atoms with E-state index in [1.54, 1.807) is 60.7 Å². The first-order valence-corrected chi connectivity index (χ1v) is 14.9. The predicted molar refractivity (Wildman–Crippen MR) is 162 cm³/mol. The molecule has 2 aliphatic heterocycles. The van der Waals surface area contributed by atoms with Crippen molar-refractivity contribution in [3.8, 4) is 0 Å². The largest absolute Gasteiger partial charge is 0.433 e. The Morgan fingerprint density at radius 1 is 0.620 bits per heavy atom. The quantitative estimate of drug-likeness (QED) is 0.358. The van der Waals surface area contributed by atoms with Gasteiger partial charge in [0.1, 0.15) is 12.2 Å². The second kappa shape index (κ2) is 15.7. The second-order valence-electron chi connectivity index (χ2n) is 11.3. The van der Waals surface area contributed by atoms with Gasteiger partial charge in [-0.05, 0) is 11.1 Å². The van der Waals surface area contributed by atoms with Crippen LogP contribution in [0.4, 0.5) is 26.3 Å². The summed E-state index contributed by atoms with van der Waals surface area (Å²) in [6, 6.07) is 16.3. The molecule has 0 saturated carbocycles. The fourth-order valence-electron chi connectivity index (χ4n) is 6.22. The number of likely N-dealkylation sites (tertiary alicyclic amines) is 2. The van der Waals surface area contributed by atoms with Gasteiger partial charge in [-0.2, -0.15) is 26.3 Å². The number of carbonyl (C=O) groups excluding carboxylic acids is 4. The Labute approximate surface area is 283 Å². The molecule has 2 heterocycles. The van der Waals surface area contributed by atoms with E-state index in [4.69, 9.17) is 18.9 Å². The van der Waals surface area contributed by atoms with E-state index in [0.29, 0.717) is 20.9 Å². The Hall–Kier alpha value is -4.26. The van der Waals surface area contributed by atoms with E-state index in [1.807, 2.05) is 10.6 Å². The zero-order valence-electron chi connectivity index (χ0n) is 27.9. The smallest absolute Gasteiger partial charge is 0.373 e. The number of ether oxygens (including phenoxy) is 4. The van der Waals surface area contributed by atoms with Crippen molar-refractivity contribution in [2.75, 3.05) is 28.4 Å². The SMILES string of the molecule is CO[C@@H]1[C@@H](OC)C(=O)N(Cc2ccccc2)[C@@]1(NC(C)=O)C(F)(F)F.CO[C@@H]1[C@@H](OC)C(=O)N(Cc2ccccc2)[C@@]1(NC(C)=O)C(F)(F)F. The number of rotatable bonds is 10. The van der Waals surface area contributed by atoms with E-state index < -0.39 is 71.7 Å². The highest BCUT2D eigenvalue weighted by Gasteiger charge is 2.74. The molecule has 2 N–H and O–H groups in total. The summed E-state index contributed by atoms with van der Waals surface area (Å²) in [6.45, 7) is 1.18. The van der Waals surface area contributed by atoms with Gasteiger partial charge in [0, 0.05) is 55.4 Å². The Morgan fingerprint density at radius 3 is 1.14 bits per heavy atom. The van der Waals surface area contributed by atoms with Gasteiger partial charge in [-0.25, -0.2) is 0 Å². The average molecular weight is 721 g/mol. The number of nitrogens with zero attached hydrogens (tertiary/aromatic N) is 2. The number of methoxy groups -OCH3 is 4. The molecule has 0 aromatic heterocycles. The molecular formula is C32H38F6N4O8. The number of alkyl halides is 6. The normalized spacial score (nSPS) is 26.8. The van der Waals surface area contributed by atoms with Gasteiger partial charge in [0.15, 0.2) is 12.2 Å². The molecule has 276 valence electrons. The van der Waals surface area contributed by atoms with Crippen molar-refractivity contribution in [3.63, 3.8) is 0 Å². The van der Waals surface area contributed by atoms with Crippen LogP contribution in [0.25, 0.3) is 0 Å². The van der Waals surface area contributed by atoms with Gasteiger partial charge in [-0.15, -0.1) is 0 Å². The molecule has 50 heavy (non-hydrogen) atoms. The molecule has 18 heteroatoms. The van der Waals surface area contributed by atoms with Gasteiger partial charge in [0.05, 0.1) is 0 Å². The van der Waals surface area contributed by atoms with Crippen LogP contribution in [0.15, 0.2) is 60.7 Å². The summed E-state index contributed by atoms with van der Waals surface area (Å²) >= 11 is 0. The highest BCUT2D eigenvalue weighted by atomic mass is 19.4. The zero-order chi connectivity index (χ0) is 37.7. The molecule has 2 aromatic carbocycles. The maximum absolute atomic E-state index is 14.1. The number of hydrogen-bond donors (Lipinski definition) is 2. The molecule has 2 fully saturated rings. The number of nitrogens with one attached hydrogen (secondary N) is 2. The van der Waals surface area contributed by atoms with Crippen molar-refractivity contribution < 1.29 is 64.5 Å². The molecule has 0 aliphatic carbocycles. The first-order chi connectivity index (χ1) is 23.4. The second-order valence-corrected chi connectivity index (χ2v) is 11.3. The van der Waals surface area contributed by atoms with Crippen molar-refractivity contribution in [2.24, 2.45) is 0 Å². The number of benzene rings is 2. The van der Waals surface area contributed by atoms with Gasteiger partial charge in [-0.3, -0.25) is 19.2 Å². The van der Waals surface area contributed by atoms with Crippen molar-refractivity contribution in [1.29, 1.82) is 0 Å². The molecule has 12 nitrogen and oxygen atoms in total. The van der Waals surface area contributed by atoms with E-state index in [2.05, 4.69) is 0 Å². The molecule has 4 rings (SSSR count). The summed E-state index contributed by atoms with van der Waals surface area (Å²) in [7, 11) is 4.32. The lowest BCUT2D eigenvalue weighted by molar-refractivity contribution is -0.263. The van der Waals surface area contributed by atoms with Crippen LogP contribution in [-0.2, 0) is 51.2 Å². The Kier molecular flexibility index (Phi) is 12.6. The summed E-state index contributed by atoms with van der Waals surface area (Å²) in [5.41, 5.74) is -5.11. The molecule has 0 unspecified atom stereocenters. The van der Waals surface area contributed by atoms with Crippen LogP contribution in [0.1, 0.15) is 25.0 Å². The third kappa shape index (κ3) is 7.42. The topological polar surface area (TPSA) is 136 Å². The van der Waals surface area contributed by atoms with Crippen LogP contribution in [-0.4, -0.2) is 110 Å². The average Bonchev–Trinajstić information content (AvgIpc) is 3.41. The standard InChI is InChI=1S/2C16H19F3N2O4/c2*1-10(22)20-15(16(17,18)19)13(25-3)12(24-2)14(23)21(15)9-11-7-5-4-6-8-11/h2*4-8,12-13H,9H2,1-3H3,(H,20,22)/t2*12-,13-,15-/m11/s1. The maximum atomic E-state index is 14.1. The summed E-state index contributed by atoms with van der Waals surface area (Å²) in [5, 5.41) is 3.79. The molecule has 0 bridgehead atoms. The monoisotopic (exact) mass is 720 g/mol. The first kappa shape index (κ1) is 40.2. The Balaban J connectivity index is 0.000000270. The van der Waals surface area contributed by atoms with E-state index in [-0.39, 0.29) is 13.1 Å². The van der Waals surface area contributed by atoms with E-state index in [0.717, 1.165) is 42.3 Å². The van der Waals surface area contributed by atoms with Crippen molar-refractivity contribution in [2.45, 2.75) is 75.0 Å². The van der Waals surface area contributed by atoms with E-state index in [9.17, 15) is 45.5 Å². The molecule has 0 radical (unpaired) electrons. The molecule has 2 aliphatic rings. The number of carbonyl (C=O) groups is 4. The highest BCUT2D eigenvalue weighted by Crippen LogP contribution is 2.46. The minimum absolute atomic E-state index is 0.362. The van der Waals surface area contributed by atoms with Gasteiger partial charge < -0.3 is 39.4 Å². The molecule has 2 saturated heterocycles. The zero-order valence-corrected chi connectivity index (χ0v) is 27.9. The number of halogens is 6. The van der Waals surface area contributed by atoms with Crippen molar-refractivity contribution in [3.05, 3.63) is 71.8 Å². The number of hydrogen-bond acceptors (Lipinski definition) is 8. The van der Waals surface area contributed by atoms with Gasteiger partial charge in [0.2, 0.25) is 23.1 Å². The summed E-state index contributed by atoms with van der Waals surface area (Å²) in [6.07, 6.45) is -16.5. The van der Waals surface area contributed by atoms with Crippen LogP contribution in [0.2, 0.25) is 0 Å². The van der Waals surface area contributed by atoms with Crippen LogP contribution < -0.4 is 10.6 Å². The Bertz CT molecular complexity index is 1390. The predicted octanol–water partition coefficient (Wildman–Crippen LogP) is 2.91. The van der Waals surface area contributed by atoms with Crippen molar-refractivity contribution in [1.82, 2.24) is 20.4 Å². The van der Waals surface area contributed by atoms with Gasteiger partial charge in [-0.1, -0.05) is 60.7 Å². The third-order valence-corrected chi connectivity index (χ3v) is 8.22. The molecule has 0 spiro atoms. The number of amides is 4.